The molecule has 0 aliphatic rings. The lowest BCUT2D eigenvalue weighted by molar-refractivity contribution is 0.407. The van der Waals surface area contributed by atoms with E-state index in [2.05, 4.69) is 5.32 Å². The van der Waals surface area contributed by atoms with Gasteiger partial charge in [-0.05, 0) is 24.1 Å². The minimum Gasteiger partial charge on any atom is -0.496 e. The lowest BCUT2D eigenvalue weighted by Crippen LogP contribution is -2.22. The topological polar surface area (TPSA) is 21.3 Å². The molecule has 102 valence electrons. The van der Waals surface area contributed by atoms with Gasteiger partial charge in [0.2, 0.25) is 0 Å². The molecular weight excluding hydrogens is 268 g/mol. The van der Waals surface area contributed by atoms with Crippen molar-refractivity contribution < 1.29 is 13.5 Å². The molecule has 0 aliphatic heterocycles. The predicted molar refractivity (Wildman–Crippen MR) is 72.7 cm³/mol. The Morgan fingerprint density at radius 2 is 2.11 bits per heavy atom. The molecular formula is C14H15F2NOS. The molecule has 0 fully saturated rings. The van der Waals surface area contributed by atoms with Crippen LogP contribution in [0.4, 0.5) is 8.78 Å². The summed E-state index contributed by atoms with van der Waals surface area (Å²) in [5, 5.41) is 5.09. The summed E-state index contributed by atoms with van der Waals surface area (Å²) in [6, 6.07) is 5.14. The van der Waals surface area contributed by atoms with Crippen LogP contribution in [0.25, 0.3) is 0 Å². The first-order chi connectivity index (χ1) is 9.17. The Morgan fingerprint density at radius 3 is 2.74 bits per heavy atom. The normalized spacial score (nSPS) is 12.4. The quantitative estimate of drug-likeness (QED) is 0.902. The highest BCUT2D eigenvalue weighted by molar-refractivity contribution is 7.10. The highest BCUT2D eigenvalue weighted by atomic mass is 32.1. The maximum Gasteiger partial charge on any atom is 0.134 e. The van der Waals surface area contributed by atoms with Crippen molar-refractivity contribution in [2.24, 2.45) is 0 Å². The molecule has 1 unspecified atom stereocenters. The number of methoxy groups -OCH3 is 1. The first kappa shape index (κ1) is 14.0. The van der Waals surface area contributed by atoms with Crippen LogP contribution in [0.1, 0.15) is 23.4 Å². The molecule has 1 aromatic heterocycles. The number of benzene rings is 1. The van der Waals surface area contributed by atoms with Crippen LogP contribution in [0.5, 0.6) is 5.75 Å². The Kier molecular flexibility index (Phi) is 4.50. The molecule has 0 spiro atoms. The van der Waals surface area contributed by atoms with Gasteiger partial charge >= 0.3 is 0 Å². The van der Waals surface area contributed by atoms with Gasteiger partial charge in [-0.25, -0.2) is 8.78 Å². The third-order valence-electron chi connectivity index (χ3n) is 2.82. The first-order valence-corrected chi connectivity index (χ1v) is 6.85. The van der Waals surface area contributed by atoms with E-state index in [9.17, 15) is 8.78 Å². The molecule has 0 radical (unpaired) electrons. The number of rotatable bonds is 5. The average molecular weight is 283 g/mol. The van der Waals surface area contributed by atoms with E-state index in [0.29, 0.717) is 17.9 Å². The van der Waals surface area contributed by atoms with E-state index in [1.54, 1.807) is 7.11 Å². The molecule has 19 heavy (non-hydrogen) atoms. The summed E-state index contributed by atoms with van der Waals surface area (Å²) < 4.78 is 32.2. The average Bonchev–Trinajstić information content (AvgIpc) is 2.85. The third-order valence-corrected chi connectivity index (χ3v) is 3.78. The van der Waals surface area contributed by atoms with Crippen molar-refractivity contribution in [3.05, 3.63) is 51.7 Å². The maximum absolute atomic E-state index is 13.9. The molecule has 0 saturated heterocycles. The fraction of sp³-hybridized carbons (Fsp3) is 0.286. The van der Waals surface area contributed by atoms with E-state index < -0.39 is 11.6 Å². The van der Waals surface area contributed by atoms with Gasteiger partial charge in [0.05, 0.1) is 18.0 Å². The molecule has 0 saturated carbocycles. The molecule has 0 aliphatic carbocycles. The Balaban J connectivity index is 2.45. The van der Waals surface area contributed by atoms with Crippen LogP contribution in [-0.4, -0.2) is 13.7 Å². The second-order valence-corrected chi connectivity index (χ2v) is 4.96. The molecule has 5 heteroatoms. The molecule has 1 atom stereocenters. The van der Waals surface area contributed by atoms with Crippen molar-refractivity contribution in [3.63, 3.8) is 0 Å². The van der Waals surface area contributed by atoms with Crippen LogP contribution in [0.15, 0.2) is 29.6 Å². The minimum absolute atomic E-state index is 0.333. The van der Waals surface area contributed by atoms with Gasteiger partial charge in [-0.3, -0.25) is 0 Å². The molecule has 2 rings (SSSR count). The van der Waals surface area contributed by atoms with E-state index in [4.69, 9.17) is 4.74 Å². The summed E-state index contributed by atoms with van der Waals surface area (Å²) in [4.78, 5) is 0.884. The third kappa shape index (κ3) is 2.93. The minimum atomic E-state index is -0.574. The number of halogens is 2. The lowest BCUT2D eigenvalue weighted by Gasteiger charge is -2.19. The molecule has 2 aromatic rings. The second-order valence-electron chi connectivity index (χ2n) is 4.01. The molecule has 0 bridgehead atoms. The largest absolute Gasteiger partial charge is 0.496 e. The van der Waals surface area contributed by atoms with Crippen molar-refractivity contribution in [1.82, 2.24) is 5.32 Å². The molecule has 2 nitrogen and oxygen atoms in total. The zero-order valence-corrected chi connectivity index (χ0v) is 11.6. The number of hydrogen-bond acceptors (Lipinski definition) is 3. The summed E-state index contributed by atoms with van der Waals surface area (Å²) in [6.07, 6.45) is 0. The lowest BCUT2D eigenvalue weighted by atomic mass is 10.0. The van der Waals surface area contributed by atoms with Crippen LogP contribution in [-0.2, 0) is 0 Å². The van der Waals surface area contributed by atoms with Crippen molar-refractivity contribution in [2.75, 3.05) is 13.7 Å². The Hall–Kier alpha value is -1.46. The van der Waals surface area contributed by atoms with Gasteiger partial charge in [0.15, 0.2) is 0 Å². The van der Waals surface area contributed by atoms with Crippen LogP contribution in [0, 0.1) is 11.6 Å². The summed E-state index contributed by atoms with van der Waals surface area (Å²) in [5.41, 5.74) is 0.420. The molecule has 1 heterocycles. The first-order valence-electron chi connectivity index (χ1n) is 5.97. The van der Waals surface area contributed by atoms with Gasteiger partial charge in [-0.1, -0.05) is 13.0 Å². The summed E-state index contributed by atoms with van der Waals surface area (Å²) >= 11 is 1.48. The Bertz CT molecular complexity index is 556. The van der Waals surface area contributed by atoms with Gasteiger partial charge in [0, 0.05) is 11.6 Å². The van der Waals surface area contributed by atoms with E-state index >= 15 is 0 Å². The standard InChI is InChI=1S/C14H15F2NOS/c1-3-17-13(14-12(18-2)6-7-19-14)10-5-4-9(15)8-11(10)16/h4-8,13,17H,3H2,1-2H3. The van der Waals surface area contributed by atoms with Crippen LogP contribution in [0.3, 0.4) is 0 Å². The van der Waals surface area contributed by atoms with E-state index in [1.807, 2.05) is 18.4 Å². The summed E-state index contributed by atoms with van der Waals surface area (Å²) in [5.74, 6) is -0.421. The fourth-order valence-corrected chi connectivity index (χ4v) is 2.92. The van der Waals surface area contributed by atoms with Gasteiger partial charge in [0.25, 0.3) is 0 Å². The monoisotopic (exact) mass is 283 g/mol. The van der Waals surface area contributed by atoms with Crippen LogP contribution >= 0.6 is 11.3 Å². The van der Waals surface area contributed by atoms with Crippen molar-refractivity contribution >= 4 is 11.3 Å². The summed E-state index contributed by atoms with van der Waals surface area (Å²) in [7, 11) is 1.58. The number of nitrogens with one attached hydrogen (secondary N) is 1. The zero-order chi connectivity index (χ0) is 13.8. The Morgan fingerprint density at radius 1 is 1.32 bits per heavy atom. The van der Waals surface area contributed by atoms with Crippen LogP contribution in [0.2, 0.25) is 0 Å². The smallest absolute Gasteiger partial charge is 0.134 e. The van der Waals surface area contributed by atoms with Crippen molar-refractivity contribution in [3.8, 4) is 5.75 Å². The van der Waals surface area contributed by atoms with E-state index in [0.717, 1.165) is 10.9 Å². The summed E-state index contributed by atoms with van der Waals surface area (Å²) in [6.45, 7) is 2.61. The number of hydrogen-bond donors (Lipinski definition) is 1. The molecule has 1 N–H and O–H groups in total. The fourth-order valence-electron chi connectivity index (χ4n) is 1.97. The van der Waals surface area contributed by atoms with Gasteiger partial charge < -0.3 is 10.1 Å². The van der Waals surface area contributed by atoms with Gasteiger partial charge in [0.1, 0.15) is 17.4 Å². The Labute approximate surface area is 115 Å². The van der Waals surface area contributed by atoms with E-state index in [-0.39, 0.29) is 6.04 Å². The molecule has 0 amide bonds. The zero-order valence-electron chi connectivity index (χ0n) is 10.7. The van der Waals surface area contributed by atoms with Gasteiger partial charge in [-0.2, -0.15) is 0 Å². The maximum atomic E-state index is 13.9. The van der Waals surface area contributed by atoms with Gasteiger partial charge in [-0.15, -0.1) is 11.3 Å². The van der Waals surface area contributed by atoms with Crippen LogP contribution < -0.4 is 10.1 Å². The van der Waals surface area contributed by atoms with Crippen molar-refractivity contribution in [2.45, 2.75) is 13.0 Å². The second kappa shape index (κ2) is 6.12. The number of ether oxygens (including phenoxy) is 1. The SMILES string of the molecule is CCNC(c1ccc(F)cc1F)c1sccc1OC. The highest BCUT2D eigenvalue weighted by Gasteiger charge is 2.22. The van der Waals surface area contributed by atoms with E-state index in [1.165, 1.54) is 23.5 Å². The number of thiophene rings is 1. The molecule has 1 aromatic carbocycles. The van der Waals surface area contributed by atoms with Crippen molar-refractivity contribution in [1.29, 1.82) is 0 Å². The highest BCUT2D eigenvalue weighted by Crippen LogP contribution is 2.35. The predicted octanol–water partition coefficient (Wildman–Crippen LogP) is 3.73.